The molecule has 0 aliphatic carbocycles. The van der Waals surface area contributed by atoms with Crippen LogP contribution in [0.25, 0.3) is 10.8 Å². The summed E-state index contributed by atoms with van der Waals surface area (Å²) in [5.41, 5.74) is 1.07. The van der Waals surface area contributed by atoms with Gasteiger partial charge in [0.2, 0.25) is 15.9 Å². The molecule has 9 heteroatoms. The molecular formula is C27H36N2O6S. The number of anilines is 1. The molecule has 0 aliphatic rings. The number of carbonyl (C=O) groups excluding carboxylic acids is 1. The zero-order chi connectivity index (χ0) is 27.1. The number of carbonyl (C=O) groups is 2. The Kier molecular flexibility index (Phi) is 13.4. The first-order valence-corrected chi connectivity index (χ1v) is 13.3. The molecule has 0 fully saturated rings. The van der Waals surface area contributed by atoms with Crippen LogP contribution < -0.4 is 10.0 Å². The lowest BCUT2D eigenvalue weighted by Crippen LogP contribution is -2.43. The highest BCUT2D eigenvalue weighted by atomic mass is 32.2. The van der Waals surface area contributed by atoms with E-state index in [-0.39, 0.29) is 11.3 Å². The molecule has 8 nitrogen and oxygen atoms in total. The topological polar surface area (TPSA) is 133 Å². The van der Waals surface area contributed by atoms with Gasteiger partial charge in [0.25, 0.3) is 0 Å². The van der Waals surface area contributed by atoms with E-state index in [1.165, 1.54) is 6.07 Å². The highest BCUT2D eigenvalue weighted by Gasteiger charge is 2.25. The molecule has 4 N–H and O–H groups in total. The van der Waals surface area contributed by atoms with Crippen LogP contribution in [0.2, 0.25) is 0 Å². The van der Waals surface area contributed by atoms with Crippen LogP contribution >= 0.6 is 0 Å². The number of benzene rings is 3. The minimum atomic E-state index is -3.91. The van der Waals surface area contributed by atoms with Gasteiger partial charge in [-0.25, -0.2) is 8.42 Å². The summed E-state index contributed by atoms with van der Waals surface area (Å²) in [5.74, 6) is -1.40. The Morgan fingerprint density at radius 3 is 2.11 bits per heavy atom. The number of aliphatic hydroxyl groups excluding tert-OH is 1. The number of nitrogens with one attached hydrogen (secondary N) is 2. The van der Waals surface area contributed by atoms with Crippen molar-refractivity contribution in [1.82, 2.24) is 4.72 Å². The second-order valence-corrected chi connectivity index (χ2v) is 9.30. The first-order chi connectivity index (χ1) is 17.3. The molecule has 0 aromatic heterocycles. The predicted molar refractivity (Wildman–Crippen MR) is 143 cm³/mol. The van der Waals surface area contributed by atoms with Crippen molar-refractivity contribution >= 4 is 38.4 Å². The van der Waals surface area contributed by atoms with E-state index < -0.39 is 27.9 Å². The Labute approximate surface area is 213 Å². The lowest BCUT2D eigenvalue weighted by molar-refractivity contribution is -0.136. The van der Waals surface area contributed by atoms with Crippen molar-refractivity contribution in [3.63, 3.8) is 0 Å². The van der Waals surface area contributed by atoms with E-state index in [1.54, 1.807) is 36.4 Å². The largest absolute Gasteiger partial charge is 0.481 e. The van der Waals surface area contributed by atoms with Crippen molar-refractivity contribution in [2.24, 2.45) is 0 Å². The number of fused-ring (bicyclic) bond motifs is 1. The number of amides is 1. The number of unbranched alkanes of at least 4 members (excludes halogenated alkanes) is 1. The average Bonchev–Trinajstić information content (AvgIpc) is 2.89. The summed E-state index contributed by atoms with van der Waals surface area (Å²) in [4.78, 5) is 23.8. The van der Waals surface area contributed by atoms with Crippen molar-refractivity contribution < 1.29 is 28.2 Å². The van der Waals surface area contributed by atoms with Gasteiger partial charge in [0, 0.05) is 12.8 Å². The minimum absolute atomic E-state index is 0.100. The number of carboxylic acids is 1. The molecule has 3 rings (SSSR count). The number of aliphatic carboxylic acids is 1. The number of sulfonamides is 1. The van der Waals surface area contributed by atoms with Crippen LogP contribution in [-0.2, 0) is 26.0 Å². The van der Waals surface area contributed by atoms with Gasteiger partial charge in [-0.1, -0.05) is 76.1 Å². The van der Waals surface area contributed by atoms with Gasteiger partial charge in [-0.05, 0) is 47.0 Å². The third-order valence-corrected chi connectivity index (χ3v) is 6.54. The van der Waals surface area contributed by atoms with Crippen molar-refractivity contribution in [2.75, 3.05) is 12.4 Å². The molecule has 0 spiro atoms. The second kappa shape index (κ2) is 15.7. The van der Waals surface area contributed by atoms with E-state index >= 15 is 0 Å². The van der Waals surface area contributed by atoms with Crippen molar-refractivity contribution in [3.8, 4) is 0 Å². The summed E-state index contributed by atoms with van der Waals surface area (Å²) in [6.07, 6.45) is 1.73. The van der Waals surface area contributed by atoms with E-state index in [4.69, 9.17) is 10.2 Å². The number of hydrogen-bond acceptors (Lipinski definition) is 5. The summed E-state index contributed by atoms with van der Waals surface area (Å²) in [6.45, 7) is 5.97. The maximum Gasteiger partial charge on any atom is 0.307 e. The predicted octanol–water partition coefficient (Wildman–Crippen LogP) is 4.58. The van der Waals surface area contributed by atoms with Gasteiger partial charge in [0.15, 0.2) is 0 Å². The molecule has 1 atom stereocenters. The number of carboxylic acid groups (broad SMARTS) is 1. The van der Waals surface area contributed by atoms with E-state index in [0.717, 1.165) is 24.3 Å². The minimum Gasteiger partial charge on any atom is -0.481 e. The van der Waals surface area contributed by atoms with Crippen molar-refractivity contribution in [1.29, 1.82) is 0 Å². The fraction of sp³-hybridized carbons (Fsp3) is 0.333. The van der Waals surface area contributed by atoms with Crippen LogP contribution in [0.15, 0.2) is 71.6 Å². The smallest absolute Gasteiger partial charge is 0.307 e. The Balaban J connectivity index is 0.00000154. The first-order valence-electron chi connectivity index (χ1n) is 11.9. The summed E-state index contributed by atoms with van der Waals surface area (Å²) in [7, 11) is -2.91. The van der Waals surface area contributed by atoms with Crippen LogP contribution in [0, 0.1) is 0 Å². The molecule has 0 bridgehead atoms. The fourth-order valence-corrected chi connectivity index (χ4v) is 4.62. The van der Waals surface area contributed by atoms with E-state index in [1.807, 2.05) is 45.0 Å². The Hall–Kier alpha value is -3.27. The molecule has 0 heterocycles. The molecule has 0 radical (unpaired) electrons. The van der Waals surface area contributed by atoms with Gasteiger partial charge in [-0.2, -0.15) is 4.72 Å². The van der Waals surface area contributed by atoms with E-state index in [0.29, 0.717) is 24.1 Å². The normalized spacial score (nSPS) is 11.4. The van der Waals surface area contributed by atoms with Crippen LogP contribution in [0.4, 0.5) is 5.69 Å². The molecule has 3 aromatic carbocycles. The van der Waals surface area contributed by atoms with Gasteiger partial charge in [-0.3, -0.25) is 9.59 Å². The van der Waals surface area contributed by atoms with E-state index in [2.05, 4.69) is 10.0 Å². The average molecular weight is 517 g/mol. The Bertz CT molecular complexity index is 1210. The van der Waals surface area contributed by atoms with Crippen LogP contribution in [0.1, 0.15) is 45.6 Å². The van der Waals surface area contributed by atoms with Crippen LogP contribution in [0.3, 0.4) is 0 Å². The lowest BCUT2D eigenvalue weighted by atomic mass is 10.1. The second-order valence-electron chi connectivity index (χ2n) is 7.58. The van der Waals surface area contributed by atoms with Gasteiger partial charge in [0.05, 0.1) is 11.3 Å². The van der Waals surface area contributed by atoms with E-state index in [9.17, 15) is 18.0 Å². The number of hydrogen-bond donors (Lipinski definition) is 4. The summed E-state index contributed by atoms with van der Waals surface area (Å²) < 4.78 is 28.6. The molecule has 0 saturated heterocycles. The maximum atomic E-state index is 13.0. The molecule has 196 valence electrons. The third kappa shape index (κ3) is 9.41. The first kappa shape index (κ1) is 30.8. The zero-order valence-corrected chi connectivity index (χ0v) is 22.0. The molecule has 1 unspecified atom stereocenters. The molecule has 36 heavy (non-hydrogen) atoms. The molecular weight excluding hydrogens is 480 g/mol. The summed E-state index contributed by atoms with van der Waals surface area (Å²) in [5, 5.41) is 20.3. The molecule has 1 amide bonds. The zero-order valence-electron chi connectivity index (χ0n) is 21.2. The summed E-state index contributed by atoms with van der Waals surface area (Å²) >= 11 is 0. The van der Waals surface area contributed by atoms with Gasteiger partial charge < -0.3 is 15.5 Å². The maximum absolute atomic E-state index is 13.0. The monoisotopic (exact) mass is 516 g/mol. The SMILES string of the molecule is CC.CCCCC(NS(=O)(=O)c1ccc2ccccc2c1)C(=O)Nc1ccc(CC(=O)O)cc1.CO. The fourth-order valence-electron chi connectivity index (χ4n) is 3.35. The lowest BCUT2D eigenvalue weighted by Gasteiger charge is -2.19. The van der Waals surface area contributed by atoms with Crippen molar-refractivity contribution in [3.05, 3.63) is 72.3 Å². The standard InChI is InChI=1S/C24H26N2O5S.C2H6.CH4O/c1-2-3-8-22(24(29)25-20-12-9-17(10-13-20)15-23(27)28)26-32(30,31)21-14-11-18-6-4-5-7-19(18)16-21;2*1-2/h4-7,9-14,16,22,26H,2-3,8,15H2,1H3,(H,25,29)(H,27,28);1-2H3;2H,1H3. The number of rotatable bonds is 10. The Morgan fingerprint density at radius 1 is 0.917 bits per heavy atom. The quantitative estimate of drug-likeness (QED) is 0.312. The highest BCUT2D eigenvalue weighted by molar-refractivity contribution is 7.89. The molecule has 0 saturated carbocycles. The highest BCUT2D eigenvalue weighted by Crippen LogP contribution is 2.20. The van der Waals surface area contributed by atoms with Gasteiger partial charge in [-0.15, -0.1) is 0 Å². The molecule has 0 aliphatic heterocycles. The van der Waals surface area contributed by atoms with Gasteiger partial charge >= 0.3 is 5.97 Å². The summed E-state index contributed by atoms with van der Waals surface area (Å²) in [6, 6.07) is 17.8. The van der Waals surface area contributed by atoms with Gasteiger partial charge in [0.1, 0.15) is 6.04 Å². The van der Waals surface area contributed by atoms with Crippen LogP contribution in [-0.4, -0.2) is 43.7 Å². The molecule has 3 aromatic rings. The Morgan fingerprint density at radius 2 is 1.53 bits per heavy atom. The van der Waals surface area contributed by atoms with Crippen molar-refractivity contribution in [2.45, 2.75) is 57.4 Å². The third-order valence-electron chi connectivity index (χ3n) is 5.07. The number of aliphatic hydroxyl groups is 1. The van der Waals surface area contributed by atoms with Crippen LogP contribution in [0.5, 0.6) is 0 Å².